The molecule has 2 heterocycles. The lowest BCUT2D eigenvalue weighted by atomic mass is 10.0. The van der Waals surface area contributed by atoms with Crippen LogP contribution in [0.1, 0.15) is 20.3 Å². The summed E-state index contributed by atoms with van der Waals surface area (Å²) in [6.07, 6.45) is 2.17. The standard InChI is InChI=1S/C18H20ClN5O3S/c1-3-13-15(16(25)27-4-2)14(22-17(26)21-13)9-28-18-23-20-10-24(18)12-7-5-6-11(19)8-12/h5-8,10,13H,3-4,9H2,1-2H3,(H2,21,22,26). The molecule has 0 saturated heterocycles. The third kappa shape index (κ3) is 4.48. The van der Waals surface area contributed by atoms with E-state index in [0.717, 1.165) is 5.69 Å². The van der Waals surface area contributed by atoms with E-state index in [1.54, 1.807) is 30.0 Å². The Kier molecular flexibility index (Phi) is 6.58. The fraction of sp³-hybridized carbons (Fsp3) is 0.333. The molecule has 0 radical (unpaired) electrons. The molecule has 1 aromatic heterocycles. The van der Waals surface area contributed by atoms with E-state index in [4.69, 9.17) is 16.3 Å². The van der Waals surface area contributed by atoms with E-state index in [9.17, 15) is 9.59 Å². The van der Waals surface area contributed by atoms with Crippen LogP contribution in [-0.4, -0.2) is 45.2 Å². The summed E-state index contributed by atoms with van der Waals surface area (Å²) in [5.74, 6) is -0.106. The lowest BCUT2D eigenvalue weighted by molar-refractivity contribution is -0.139. The molecule has 0 bridgehead atoms. The fourth-order valence-electron chi connectivity index (χ4n) is 2.84. The minimum absolute atomic E-state index is 0.260. The van der Waals surface area contributed by atoms with E-state index in [2.05, 4.69) is 20.8 Å². The quantitative estimate of drug-likeness (QED) is 0.527. The Morgan fingerprint density at radius 2 is 2.21 bits per heavy atom. The van der Waals surface area contributed by atoms with E-state index in [0.29, 0.717) is 33.6 Å². The van der Waals surface area contributed by atoms with Gasteiger partial charge in [-0.25, -0.2) is 9.59 Å². The Bertz CT molecular complexity index is 914. The van der Waals surface area contributed by atoms with E-state index < -0.39 is 12.0 Å². The minimum atomic E-state index is -0.436. The topological polar surface area (TPSA) is 98.1 Å². The predicted molar refractivity (Wildman–Crippen MR) is 106 cm³/mol. The first-order valence-corrected chi connectivity index (χ1v) is 10.2. The summed E-state index contributed by atoms with van der Waals surface area (Å²) in [5, 5.41) is 14.8. The van der Waals surface area contributed by atoms with Crippen LogP contribution in [0.3, 0.4) is 0 Å². The maximum Gasteiger partial charge on any atom is 0.337 e. The summed E-state index contributed by atoms with van der Waals surface area (Å²) >= 11 is 7.42. The van der Waals surface area contributed by atoms with Crippen molar-refractivity contribution < 1.29 is 14.3 Å². The van der Waals surface area contributed by atoms with Gasteiger partial charge < -0.3 is 15.4 Å². The molecule has 28 heavy (non-hydrogen) atoms. The van der Waals surface area contributed by atoms with Crippen LogP contribution in [0.15, 0.2) is 47.0 Å². The van der Waals surface area contributed by atoms with E-state index in [1.165, 1.54) is 11.8 Å². The van der Waals surface area contributed by atoms with Gasteiger partial charge >= 0.3 is 12.0 Å². The highest BCUT2D eigenvalue weighted by molar-refractivity contribution is 7.99. The number of ether oxygens (including phenoxy) is 1. The maximum absolute atomic E-state index is 12.4. The number of rotatable bonds is 7. The number of benzene rings is 1. The number of carbonyl (C=O) groups excluding carboxylic acids is 2. The fourth-order valence-corrected chi connectivity index (χ4v) is 3.92. The highest BCUT2D eigenvalue weighted by Gasteiger charge is 2.31. The molecule has 10 heteroatoms. The van der Waals surface area contributed by atoms with Gasteiger partial charge in [-0.15, -0.1) is 10.2 Å². The van der Waals surface area contributed by atoms with Crippen LogP contribution in [0, 0.1) is 0 Å². The Hall–Kier alpha value is -2.52. The van der Waals surface area contributed by atoms with Gasteiger partial charge in [-0.3, -0.25) is 4.57 Å². The molecule has 3 rings (SSSR count). The molecule has 2 N–H and O–H groups in total. The number of amides is 2. The molecule has 0 saturated carbocycles. The molecular formula is C18H20ClN5O3S. The number of hydrogen-bond donors (Lipinski definition) is 2. The molecule has 1 aromatic carbocycles. The highest BCUT2D eigenvalue weighted by atomic mass is 35.5. The lowest BCUT2D eigenvalue weighted by Gasteiger charge is -2.28. The number of urea groups is 1. The van der Waals surface area contributed by atoms with Crippen LogP contribution in [-0.2, 0) is 9.53 Å². The van der Waals surface area contributed by atoms with Crippen molar-refractivity contribution in [3.8, 4) is 5.69 Å². The number of aromatic nitrogens is 3. The first-order chi connectivity index (χ1) is 13.5. The molecule has 8 nitrogen and oxygen atoms in total. The first kappa shape index (κ1) is 20.2. The maximum atomic E-state index is 12.4. The molecule has 0 fully saturated rings. The molecule has 148 valence electrons. The monoisotopic (exact) mass is 421 g/mol. The van der Waals surface area contributed by atoms with Gasteiger partial charge in [-0.05, 0) is 31.5 Å². The number of carbonyl (C=O) groups is 2. The summed E-state index contributed by atoms with van der Waals surface area (Å²) in [6.45, 7) is 3.91. The smallest absolute Gasteiger partial charge is 0.337 e. The number of hydrogen-bond acceptors (Lipinski definition) is 6. The van der Waals surface area contributed by atoms with Gasteiger partial charge in [-0.2, -0.15) is 0 Å². The third-order valence-electron chi connectivity index (χ3n) is 4.10. The largest absolute Gasteiger partial charge is 0.463 e. The van der Waals surface area contributed by atoms with E-state index in [-0.39, 0.29) is 12.6 Å². The van der Waals surface area contributed by atoms with Crippen LogP contribution in [0.5, 0.6) is 0 Å². The van der Waals surface area contributed by atoms with Gasteiger partial charge in [0.1, 0.15) is 6.33 Å². The zero-order valence-electron chi connectivity index (χ0n) is 15.4. The number of thioether (sulfide) groups is 1. The number of nitrogens with one attached hydrogen (secondary N) is 2. The van der Waals surface area contributed by atoms with Crippen LogP contribution < -0.4 is 10.6 Å². The van der Waals surface area contributed by atoms with Crippen molar-refractivity contribution in [1.29, 1.82) is 0 Å². The summed E-state index contributed by atoms with van der Waals surface area (Å²) < 4.78 is 6.97. The molecule has 2 aromatic rings. The SMILES string of the molecule is CCOC(=O)C1=C(CSc2nncn2-c2cccc(Cl)c2)NC(=O)NC1CC. The summed E-state index contributed by atoms with van der Waals surface area (Å²) in [4.78, 5) is 24.4. The number of nitrogens with zero attached hydrogens (tertiary/aromatic N) is 3. The van der Waals surface area contributed by atoms with Gasteiger partial charge in [0.05, 0.1) is 23.9 Å². The molecule has 2 amide bonds. The number of esters is 1. The average molecular weight is 422 g/mol. The first-order valence-electron chi connectivity index (χ1n) is 8.79. The zero-order valence-corrected chi connectivity index (χ0v) is 17.0. The second-order valence-electron chi connectivity index (χ2n) is 5.92. The van der Waals surface area contributed by atoms with Crippen molar-refractivity contribution in [2.24, 2.45) is 0 Å². The molecule has 1 unspecified atom stereocenters. The summed E-state index contributed by atoms with van der Waals surface area (Å²) in [5.41, 5.74) is 1.77. The van der Waals surface area contributed by atoms with Gasteiger partial charge in [-0.1, -0.05) is 36.4 Å². The zero-order chi connectivity index (χ0) is 20.1. The summed E-state index contributed by atoms with van der Waals surface area (Å²) in [7, 11) is 0. The highest BCUT2D eigenvalue weighted by Crippen LogP contribution is 2.26. The van der Waals surface area contributed by atoms with Gasteiger partial charge in [0.25, 0.3) is 0 Å². The van der Waals surface area contributed by atoms with Crippen molar-refractivity contribution >= 4 is 35.4 Å². The minimum Gasteiger partial charge on any atom is -0.463 e. The Labute approximate surface area is 171 Å². The molecule has 1 aliphatic heterocycles. The molecule has 0 aliphatic carbocycles. The van der Waals surface area contributed by atoms with Crippen LogP contribution in [0.2, 0.25) is 5.02 Å². The van der Waals surface area contributed by atoms with Crippen LogP contribution in [0.25, 0.3) is 5.69 Å². The Morgan fingerprint density at radius 3 is 2.93 bits per heavy atom. The summed E-state index contributed by atoms with van der Waals surface area (Å²) in [6, 6.07) is 6.58. The van der Waals surface area contributed by atoms with Gasteiger partial charge in [0.2, 0.25) is 0 Å². The second-order valence-corrected chi connectivity index (χ2v) is 7.30. The Balaban J connectivity index is 1.86. The van der Waals surface area contributed by atoms with Crippen molar-refractivity contribution in [2.45, 2.75) is 31.5 Å². The van der Waals surface area contributed by atoms with E-state index >= 15 is 0 Å². The normalized spacial score (nSPS) is 16.5. The molecular weight excluding hydrogens is 402 g/mol. The predicted octanol–water partition coefficient (Wildman–Crippen LogP) is 2.92. The number of halogens is 1. The second kappa shape index (κ2) is 9.11. The van der Waals surface area contributed by atoms with Crippen molar-refractivity contribution in [3.05, 3.63) is 46.9 Å². The van der Waals surface area contributed by atoms with Crippen molar-refractivity contribution in [1.82, 2.24) is 25.4 Å². The Morgan fingerprint density at radius 1 is 1.39 bits per heavy atom. The molecule has 0 spiro atoms. The van der Waals surface area contributed by atoms with E-state index in [1.807, 2.05) is 19.1 Å². The van der Waals surface area contributed by atoms with Crippen LogP contribution in [0.4, 0.5) is 4.79 Å². The van der Waals surface area contributed by atoms with Gasteiger partial charge in [0.15, 0.2) is 5.16 Å². The average Bonchev–Trinajstić information content (AvgIpc) is 3.14. The van der Waals surface area contributed by atoms with Crippen molar-refractivity contribution in [3.63, 3.8) is 0 Å². The third-order valence-corrected chi connectivity index (χ3v) is 5.30. The van der Waals surface area contributed by atoms with Crippen molar-refractivity contribution in [2.75, 3.05) is 12.4 Å². The molecule has 1 atom stereocenters. The van der Waals surface area contributed by atoms with Crippen LogP contribution >= 0.6 is 23.4 Å². The lowest BCUT2D eigenvalue weighted by Crippen LogP contribution is -2.50. The van der Waals surface area contributed by atoms with Gasteiger partial charge in [0, 0.05) is 16.5 Å². The molecule has 1 aliphatic rings.